The summed E-state index contributed by atoms with van der Waals surface area (Å²) in [6, 6.07) is 10.7. The van der Waals surface area contributed by atoms with Crippen LogP contribution in [-0.2, 0) is 14.8 Å². The van der Waals surface area contributed by atoms with Crippen molar-refractivity contribution in [3.05, 3.63) is 54.0 Å². The van der Waals surface area contributed by atoms with E-state index in [1.807, 2.05) is 31.2 Å². The van der Waals surface area contributed by atoms with Crippen molar-refractivity contribution in [2.75, 3.05) is 19.7 Å². The molecular weight excluding hydrogens is 302 g/mol. The fourth-order valence-electron chi connectivity index (χ4n) is 3.17. The Bertz CT molecular complexity index is 774. The fourth-order valence-corrected chi connectivity index (χ4v) is 4.80. The molecule has 1 atom stereocenters. The monoisotopic (exact) mass is 319 g/mol. The van der Waals surface area contributed by atoms with Gasteiger partial charge in [-0.05, 0) is 31.2 Å². The second-order valence-corrected chi connectivity index (χ2v) is 8.09. The third-order valence-electron chi connectivity index (χ3n) is 4.54. The lowest BCUT2D eigenvalue weighted by atomic mass is 9.72. The molecule has 22 heavy (non-hydrogen) atoms. The summed E-state index contributed by atoms with van der Waals surface area (Å²) in [5.74, 6) is 0.777. The molecule has 0 unspecified atom stereocenters. The first kappa shape index (κ1) is 14.0. The molecule has 1 spiro atoms. The molecule has 2 aliphatic rings. The largest absolute Gasteiger partial charge is 0.467 e. The minimum Gasteiger partial charge on any atom is -0.467 e. The molecule has 0 amide bonds. The van der Waals surface area contributed by atoms with Crippen LogP contribution in [-0.4, -0.2) is 32.4 Å². The summed E-state index contributed by atoms with van der Waals surface area (Å²) < 4.78 is 37.7. The Balaban J connectivity index is 1.52. The van der Waals surface area contributed by atoms with Gasteiger partial charge in [0.05, 0.1) is 23.2 Å². The minimum absolute atomic E-state index is 0.129. The Morgan fingerprint density at radius 3 is 2.45 bits per heavy atom. The maximum atomic E-state index is 12.6. The summed E-state index contributed by atoms with van der Waals surface area (Å²) in [6.45, 7) is 3.48. The molecule has 6 heteroatoms. The highest BCUT2D eigenvalue weighted by molar-refractivity contribution is 7.89. The van der Waals surface area contributed by atoms with Gasteiger partial charge in [-0.2, -0.15) is 4.31 Å². The topological polar surface area (TPSA) is 59.8 Å². The average molecular weight is 319 g/mol. The Hall–Kier alpha value is -1.63. The number of ether oxygens (including phenoxy) is 1. The SMILES string of the molecule is Cc1ccc(S(=O)(=O)N2CC3(CO[C@@H]3c3ccco3)C2)cc1. The predicted molar refractivity (Wildman–Crippen MR) is 79.8 cm³/mol. The van der Waals surface area contributed by atoms with Crippen LogP contribution >= 0.6 is 0 Å². The molecule has 1 aromatic carbocycles. The standard InChI is InChI=1S/C16H17NO4S/c1-12-4-6-13(7-5-12)22(18,19)17-9-16(10-17)11-21-15(16)14-3-2-8-20-14/h2-8,15H,9-11H2,1H3/t15-/m1/s1. The van der Waals surface area contributed by atoms with Gasteiger partial charge in [0.25, 0.3) is 0 Å². The molecule has 4 rings (SSSR count). The summed E-state index contributed by atoms with van der Waals surface area (Å²) >= 11 is 0. The molecular formula is C16H17NO4S. The van der Waals surface area contributed by atoms with E-state index in [-0.39, 0.29) is 11.5 Å². The van der Waals surface area contributed by atoms with Gasteiger partial charge in [-0.15, -0.1) is 0 Å². The van der Waals surface area contributed by atoms with Gasteiger partial charge in [-0.25, -0.2) is 8.42 Å². The molecule has 0 radical (unpaired) electrons. The minimum atomic E-state index is -3.41. The number of hydrogen-bond donors (Lipinski definition) is 0. The Labute approximate surface area is 129 Å². The molecule has 0 bridgehead atoms. The number of furan rings is 1. The quantitative estimate of drug-likeness (QED) is 0.871. The molecule has 2 fully saturated rings. The van der Waals surface area contributed by atoms with E-state index >= 15 is 0 Å². The van der Waals surface area contributed by atoms with Gasteiger partial charge in [0, 0.05) is 13.1 Å². The number of aryl methyl sites for hydroxylation is 1. The molecule has 2 saturated heterocycles. The number of rotatable bonds is 3. The smallest absolute Gasteiger partial charge is 0.243 e. The first-order chi connectivity index (χ1) is 10.5. The molecule has 116 valence electrons. The van der Waals surface area contributed by atoms with Gasteiger partial charge in [-0.3, -0.25) is 0 Å². The maximum absolute atomic E-state index is 12.6. The number of sulfonamides is 1. The van der Waals surface area contributed by atoms with E-state index in [1.165, 1.54) is 4.31 Å². The molecule has 2 aromatic rings. The van der Waals surface area contributed by atoms with E-state index in [4.69, 9.17) is 9.15 Å². The van der Waals surface area contributed by atoms with E-state index in [1.54, 1.807) is 18.4 Å². The van der Waals surface area contributed by atoms with Crippen molar-refractivity contribution in [2.45, 2.75) is 17.9 Å². The first-order valence-electron chi connectivity index (χ1n) is 7.23. The Morgan fingerprint density at radius 1 is 1.18 bits per heavy atom. The molecule has 1 aromatic heterocycles. The summed E-state index contributed by atoms with van der Waals surface area (Å²) in [6.07, 6.45) is 1.48. The van der Waals surface area contributed by atoms with Crippen molar-refractivity contribution >= 4 is 10.0 Å². The first-order valence-corrected chi connectivity index (χ1v) is 8.67. The fraction of sp³-hybridized carbons (Fsp3) is 0.375. The van der Waals surface area contributed by atoms with Gasteiger partial charge >= 0.3 is 0 Å². The van der Waals surface area contributed by atoms with Crippen molar-refractivity contribution in [1.82, 2.24) is 4.31 Å². The molecule has 5 nitrogen and oxygen atoms in total. The van der Waals surface area contributed by atoms with Gasteiger partial charge < -0.3 is 9.15 Å². The maximum Gasteiger partial charge on any atom is 0.243 e. The molecule has 0 aliphatic carbocycles. The van der Waals surface area contributed by atoms with Crippen molar-refractivity contribution in [2.24, 2.45) is 5.41 Å². The zero-order valence-corrected chi connectivity index (χ0v) is 13.0. The molecule has 0 N–H and O–H groups in total. The predicted octanol–water partition coefficient (Wildman–Crippen LogP) is 2.35. The van der Waals surface area contributed by atoms with Crippen molar-refractivity contribution in [3.8, 4) is 0 Å². The summed E-state index contributed by atoms with van der Waals surface area (Å²) in [7, 11) is -3.41. The second-order valence-electron chi connectivity index (χ2n) is 6.15. The summed E-state index contributed by atoms with van der Waals surface area (Å²) in [5, 5.41) is 0. The van der Waals surface area contributed by atoms with Crippen LogP contribution in [0.4, 0.5) is 0 Å². The zero-order valence-electron chi connectivity index (χ0n) is 12.2. The van der Waals surface area contributed by atoms with Gasteiger partial charge in [0.15, 0.2) is 0 Å². The highest BCUT2D eigenvalue weighted by atomic mass is 32.2. The van der Waals surface area contributed by atoms with Crippen LogP contribution < -0.4 is 0 Å². The van der Waals surface area contributed by atoms with Crippen LogP contribution in [0.1, 0.15) is 17.4 Å². The van der Waals surface area contributed by atoms with Crippen molar-refractivity contribution in [1.29, 1.82) is 0 Å². The molecule has 3 heterocycles. The van der Waals surface area contributed by atoms with Crippen LogP contribution in [0.5, 0.6) is 0 Å². The summed E-state index contributed by atoms with van der Waals surface area (Å²) in [5.41, 5.74) is 0.916. The van der Waals surface area contributed by atoms with Gasteiger partial charge in [0.1, 0.15) is 11.9 Å². The number of hydrogen-bond acceptors (Lipinski definition) is 4. The molecule has 0 saturated carbocycles. The lowest BCUT2D eigenvalue weighted by molar-refractivity contribution is -0.241. The average Bonchev–Trinajstić information content (AvgIpc) is 2.89. The third-order valence-corrected chi connectivity index (χ3v) is 6.34. The lowest BCUT2D eigenvalue weighted by Gasteiger charge is -2.58. The zero-order chi connectivity index (χ0) is 15.4. The van der Waals surface area contributed by atoms with Crippen LogP contribution in [0.25, 0.3) is 0 Å². The van der Waals surface area contributed by atoms with E-state index < -0.39 is 10.0 Å². The highest BCUT2D eigenvalue weighted by Gasteiger charge is 2.60. The Kier molecular flexibility index (Phi) is 2.98. The highest BCUT2D eigenvalue weighted by Crippen LogP contribution is 2.53. The number of nitrogens with zero attached hydrogens (tertiary/aromatic N) is 1. The summed E-state index contributed by atoms with van der Waals surface area (Å²) in [4.78, 5) is 0.350. The van der Waals surface area contributed by atoms with Crippen LogP contribution in [0, 0.1) is 12.3 Å². The second kappa shape index (κ2) is 4.68. The van der Waals surface area contributed by atoms with Gasteiger partial charge in [-0.1, -0.05) is 17.7 Å². The van der Waals surface area contributed by atoms with Gasteiger partial charge in [0.2, 0.25) is 10.0 Å². The molecule has 2 aliphatic heterocycles. The van der Waals surface area contributed by atoms with E-state index in [2.05, 4.69) is 0 Å². The third kappa shape index (κ3) is 1.95. The van der Waals surface area contributed by atoms with Crippen LogP contribution in [0.15, 0.2) is 52.0 Å². The lowest BCUT2D eigenvalue weighted by Crippen LogP contribution is -2.67. The van der Waals surface area contributed by atoms with E-state index in [9.17, 15) is 8.42 Å². The van der Waals surface area contributed by atoms with E-state index in [0.717, 1.165) is 11.3 Å². The number of benzene rings is 1. The van der Waals surface area contributed by atoms with Crippen LogP contribution in [0.2, 0.25) is 0 Å². The Morgan fingerprint density at radius 2 is 1.91 bits per heavy atom. The van der Waals surface area contributed by atoms with E-state index in [0.29, 0.717) is 24.6 Å². The normalized spacial score (nSPS) is 24.0. The van der Waals surface area contributed by atoms with Crippen molar-refractivity contribution in [3.63, 3.8) is 0 Å². The van der Waals surface area contributed by atoms with Crippen LogP contribution in [0.3, 0.4) is 0 Å². The van der Waals surface area contributed by atoms with Crippen molar-refractivity contribution < 1.29 is 17.6 Å².